The molecule has 0 spiro atoms. The van der Waals surface area contributed by atoms with Crippen molar-refractivity contribution in [2.45, 2.75) is 63.7 Å². The van der Waals surface area contributed by atoms with E-state index in [-0.39, 0.29) is 42.3 Å². The number of benzene rings is 3. The molecule has 2 aromatic heterocycles. The smallest absolute Gasteiger partial charge is 0.335 e. The summed E-state index contributed by atoms with van der Waals surface area (Å²) < 4.78 is 37.8. The number of thiophene rings is 1. The molecule has 1 amide bonds. The van der Waals surface area contributed by atoms with Crippen LogP contribution in [0.1, 0.15) is 76.6 Å². The van der Waals surface area contributed by atoms with Gasteiger partial charge in [-0.3, -0.25) is 4.79 Å². The van der Waals surface area contributed by atoms with Crippen LogP contribution in [0.3, 0.4) is 0 Å². The first-order valence-corrected chi connectivity index (χ1v) is 17.1. The summed E-state index contributed by atoms with van der Waals surface area (Å²) in [4.78, 5) is 32.8. The molecule has 3 aromatic carbocycles. The number of rotatable bonds is 8. The number of hydrogen-bond donors (Lipinski definition) is 2. The highest BCUT2D eigenvalue weighted by Crippen LogP contribution is 2.39. The summed E-state index contributed by atoms with van der Waals surface area (Å²) in [5, 5.41) is 19.4. The monoisotopic (exact) mass is 707 g/mol. The summed E-state index contributed by atoms with van der Waals surface area (Å²) in [7, 11) is 0. The van der Waals surface area contributed by atoms with E-state index in [1.54, 1.807) is 47.4 Å². The molecule has 0 atom stereocenters. The lowest BCUT2D eigenvalue weighted by Crippen LogP contribution is -2.39. The quantitative estimate of drug-likeness (QED) is 0.168. The zero-order valence-corrected chi connectivity index (χ0v) is 28.2. The lowest BCUT2D eigenvalue weighted by molar-refractivity contribution is 0.0550. The fourth-order valence-corrected chi connectivity index (χ4v) is 7.91. The van der Waals surface area contributed by atoms with E-state index in [0.29, 0.717) is 59.0 Å². The van der Waals surface area contributed by atoms with Gasteiger partial charge in [-0.05, 0) is 79.8 Å². The minimum atomic E-state index is -1.05. The Morgan fingerprint density at radius 1 is 0.918 bits per heavy atom. The van der Waals surface area contributed by atoms with E-state index in [1.807, 2.05) is 0 Å². The summed E-state index contributed by atoms with van der Waals surface area (Å²) in [6, 6.07) is 17.4. The van der Waals surface area contributed by atoms with E-state index in [1.165, 1.54) is 35.6 Å². The Morgan fingerprint density at radius 3 is 2.35 bits per heavy atom. The van der Waals surface area contributed by atoms with E-state index in [9.17, 15) is 24.2 Å². The lowest BCUT2D eigenvalue weighted by Gasteiger charge is -2.29. The van der Waals surface area contributed by atoms with Gasteiger partial charge in [0.2, 0.25) is 0 Å². The van der Waals surface area contributed by atoms with E-state index in [2.05, 4.69) is 4.57 Å². The molecule has 2 aliphatic rings. The summed E-state index contributed by atoms with van der Waals surface area (Å²) in [6.45, 7) is 0.986. The van der Waals surface area contributed by atoms with Crippen LogP contribution < -0.4 is 4.74 Å². The van der Waals surface area contributed by atoms with Crippen molar-refractivity contribution in [2.75, 3.05) is 13.1 Å². The Morgan fingerprint density at radius 2 is 1.65 bits per heavy atom. The standard InChI is InChI=1S/C37H35F2N3O5S.ClH/c38-25-9-6-22(7-10-25)34-24(19-33(48-34)36(44)41-16-14-27(43)15-17-41)21-47-28-11-12-29(30(39)20-28)35-40-31-18-23(37(45)46)8-13-32(31)42(35)26-4-2-1-3-5-26;/h6-13,18-20,26-27,43H,1-5,14-17,21H2,(H,45,46);1H. The Bertz CT molecular complexity index is 1980. The molecule has 0 bridgehead atoms. The molecule has 3 heterocycles. The second kappa shape index (κ2) is 14.7. The fourth-order valence-electron chi connectivity index (χ4n) is 6.77. The highest BCUT2D eigenvalue weighted by molar-refractivity contribution is 7.17. The van der Waals surface area contributed by atoms with Gasteiger partial charge in [-0.1, -0.05) is 31.4 Å². The number of carboxylic acid groups (broad SMARTS) is 1. The largest absolute Gasteiger partial charge is 0.489 e. The van der Waals surface area contributed by atoms with E-state index in [0.717, 1.165) is 48.1 Å². The summed E-state index contributed by atoms with van der Waals surface area (Å²) in [6.07, 6.45) is 5.78. The second-order valence-electron chi connectivity index (χ2n) is 12.5. The molecule has 1 saturated heterocycles. The minimum absolute atomic E-state index is 0. The topological polar surface area (TPSA) is 105 Å². The molecule has 1 saturated carbocycles. The highest BCUT2D eigenvalue weighted by Gasteiger charge is 2.27. The average Bonchev–Trinajstić information content (AvgIpc) is 3.70. The molecular weight excluding hydrogens is 672 g/mol. The number of likely N-dealkylation sites (tertiary alicyclic amines) is 1. The van der Waals surface area contributed by atoms with Crippen molar-refractivity contribution in [1.82, 2.24) is 14.5 Å². The molecule has 2 N–H and O–H groups in total. The first-order chi connectivity index (χ1) is 23.2. The molecule has 2 fully saturated rings. The van der Waals surface area contributed by atoms with E-state index < -0.39 is 17.9 Å². The third-order valence-corrected chi connectivity index (χ3v) is 10.5. The van der Waals surface area contributed by atoms with E-state index in [4.69, 9.17) is 9.72 Å². The summed E-state index contributed by atoms with van der Waals surface area (Å²) in [5.41, 5.74) is 3.15. The molecule has 49 heavy (non-hydrogen) atoms. The minimum Gasteiger partial charge on any atom is -0.489 e. The van der Waals surface area contributed by atoms with Gasteiger partial charge in [0.15, 0.2) is 0 Å². The van der Waals surface area contributed by atoms with Crippen molar-refractivity contribution in [2.24, 2.45) is 0 Å². The molecule has 7 rings (SSSR count). The van der Waals surface area contributed by atoms with Crippen molar-refractivity contribution in [3.63, 3.8) is 0 Å². The maximum atomic E-state index is 15.9. The Labute approximate surface area is 292 Å². The number of halogens is 3. The zero-order chi connectivity index (χ0) is 33.4. The van der Waals surface area contributed by atoms with Gasteiger partial charge >= 0.3 is 5.97 Å². The van der Waals surface area contributed by atoms with Crippen LogP contribution in [0.25, 0.3) is 32.9 Å². The average molecular weight is 708 g/mol. The number of nitrogens with zero attached hydrogens (tertiary/aromatic N) is 3. The van der Waals surface area contributed by atoms with Gasteiger partial charge < -0.3 is 24.4 Å². The number of aliphatic hydroxyl groups is 1. The number of carbonyl (C=O) groups excluding carboxylic acids is 1. The van der Waals surface area contributed by atoms with E-state index >= 15 is 4.39 Å². The lowest BCUT2D eigenvalue weighted by atomic mass is 9.94. The normalized spacial score (nSPS) is 15.7. The predicted octanol–water partition coefficient (Wildman–Crippen LogP) is 8.51. The zero-order valence-electron chi connectivity index (χ0n) is 26.6. The van der Waals surface area contributed by atoms with Crippen LogP contribution in [0.2, 0.25) is 0 Å². The molecule has 0 radical (unpaired) electrons. The van der Waals surface area contributed by atoms with Crippen molar-refractivity contribution in [1.29, 1.82) is 0 Å². The molecule has 0 unspecified atom stereocenters. The third-order valence-electron chi connectivity index (χ3n) is 9.33. The Hall–Kier alpha value is -4.32. The summed E-state index contributed by atoms with van der Waals surface area (Å²) in [5.74, 6) is -1.33. The molecule has 5 aromatic rings. The molecule has 256 valence electrons. The van der Waals surface area contributed by atoms with Gasteiger partial charge in [0.1, 0.15) is 29.8 Å². The number of aliphatic hydroxyl groups excluding tert-OH is 1. The molecular formula is C37H36ClF2N3O5S. The first kappa shape index (κ1) is 34.5. The first-order valence-electron chi connectivity index (χ1n) is 16.3. The van der Waals surface area contributed by atoms with Crippen LogP contribution in [0.4, 0.5) is 8.78 Å². The van der Waals surface area contributed by atoms with Crippen molar-refractivity contribution < 1.29 is 33.3 Å². The maximum absolute atomic E-state index is 15.9. The number of carbonyl (C=O) groups is 2. The van der Waals surface area contributed by atoms with Crippen LogP contribution >= 0.6 is 23.7 Å². The van der Waals surface area contributed by atoms with Gasteiger partial charge in [-0.15, -0.1) is 23.7 Å². The number of ether oxygens (including phenoxy) is 1. The highest BCUT2D eigenvalue weighted by atomic mass is 35.5. The van der Waals surface area contributed by atoms with Crippen LogP contribution in [0.15, 0.2) is 66.7 Å². The number of amides is 1. The van der Waals surface area contributed by atoms with Crippen LogP contribution in [-0.4, -0.2) is 55.7 Å². The Balaban J connectivity index is 0.00000417. The molecule has 12 heteroatoms. The predicted molar refractivity (Wildman–Crippen MR) is 187 cm³/mol. The van der Waals surface area contributed by atoms with Gasteiger partial charge in [0.25, 0.3) is 5.91 Å². The Kier molecular flexibility index (Phi) is 10.3. The molecule has 1 aliphatic heterocycles. The van der Waals surface area contributed by atoms with Gasteiger partial charge in [0.05, 0.1) is 33.1 Å². The van der Waals surface area contributed by atoms with Crippen molar-refractivity contribution in [3.05, 3.63) is 94.4 Å². The van der Waals surface area contributed by atoms with Crippen LogP contribution in [0.5, 0.6) is 5.75 Å². The number of hydrogen-bond acceptors (Lipinski definition) is 6. The summed E-state index contributed by atoms with van der Waals surface area (Å²) >= 11 is 1.30. The molecule has 8 nitrogen and oxygen atoms in total. The van der Waals surface area contributed by atoms with Crippen molar-refractivity contribution >= 4 is 46.7 Å². The van der Waals surface area contributed by atoms with Gasteiger partial charge in [0, 0.05) is 35.6 Å². The van der Waals surface area contributed by atoms with Crippen LogP contribution in [-0.2, 0) is 6.61 Å². The number of fused-ring (bicyclic) bond motifs is 1. The number of piperidine rings is 1. The van der Waals surface area contributed by atoms with Gasteiger partial charge in [-0.25, -0.2) is 18.6 Å². The number of imidazole rings is 1. The number of carboxylic acids is 1. The second-order valence-corrected chi connectivity index (χ2v) is 13.6. The SMILES string of the molecule is Cl.O=C(O)c1ccc2c(c1)nc(-c1ccc(OCc3cc(C(=O)N4CCC(O)CC4)sc3-c3ccc(F)cc3)cc1F)n2C1CCCCC1. The van der Waals surface area contributed by atoms with Crippen molar-refractivity contribution in [3.8, 4) is 27.6 Å². The van der Waals surface area contributed by atoms with Gasteiger partial charge in [-0.2, -0.15) is 0 Å². The maximum Gasteiger partial charge on any atom is 0.335 e. The third kappa shape index (κ3) is 7.20. The fraction of sp³-hybridized carbons (Fsp3) is 0.324. The number of aromatic carboxylic acids is 1. The molecule has 1 aliphatic carbocycles. The number of aromatic nitrogens is 2. The van der Waals surface area contributed by atoms with Crippen LogP contribution in [0, 0.1) is 11.6 Å².